The van der Waals surface area contributed by atoms with E-state index in [1.165, 1.54) is 19.1 Å². The summed E-state index contributed by atoms with van der Waals surface area (Å²) in [5, 5.41) is 5.01. The summed E-state index contributed by atoms with van der Waals surface area (Å²) in [6.07, 6.45) is 1.50. The average Bonchev–Trinajstić information content (AvgIpc) is 2.99. The van der Waals surface area contributed by atoms with Crippen LogP contribution >= 0.6 is 0 Å². The zero-order valence-corrected chi connectivity index (χ0v) is 23.9. The Kier molecular flexibility index (Phi) is 10.9. The van der Waals surface area contributed by atoms with Gasteiger partial charge in [-0.2, -0.15) is 0 Å². The molecular formula is C36H36FNO4. The third-order valence-electron chi connectivity index (χ3n) is 7.49. The molecule has 42 heavy (non-hydrogen) atoms. The number of Topliss-reactive ketones (excluding diaryl/α,β-unsaturated/α-hetero) is 3. The molecular weight excluding hydrogens is 529 g/mol. The lowest BCUT2D eigenvalue weighted by Crippen LogP contribution is -2.45. The van der Waals surface area contributed by atoms with Crippen molar-refractivity contribution in [2.75, 3.05) is 0 Å². The number of rotatable bonds is 15. The summed E-state index contributed by atoms with van der Waals surface area (Å²) < 4.78 is 13.5. The molecule has 0 unspecified atom stereocenters. The van der Waals surface area contributed by atoms with E-state index in [9.17, 15) is 23.6 Å². The molecule has 5 nitrogen and oxygen atoms in total. The van der Waals surface area contributed by atoms with E-state index < -0.39 is 23.7 Å². The van der Waals surface area contributed by atoms with E-state index in [2.05, 4.69) is 5.32 Å². The van der Waals surface area contributed by atoms with Crippen LogP contribution in [0.15, 0.2) is 97.1 Å². The van der Waals surface area contributed by atoms with Crippen molar-refractivity contribution in [2.24, 2.45) is 5.92 Å². The SMILES string of the molecule is CC(=O)C[C@H](CC(=O)CCc1ccccc1)C(=O)N[C@@H](Cc1ccc(F)cc1)C(=O)CCc1cccc2ccccc12. The van der Waals surface area contributed by atoms with Crippen molar-refractivity contribution >= 4 is 34.0 Å². The zero-order valence-electron chi connectivity index (χ0n) is 23.9. The quantitative estimate of drug-likeness (QED) is 0.181. The van der Waals surface area contributed by atoms with Crippen molar-refractivity contribution in [2.45, 2.75) is 57.9 Å². The highest BCUT2D eigenvalue weighted by Crippen LogP contribution is 2.21. The first-order chi connectivity index (χ1) is 20.3. The van der Waals surface area contributed by atoms with Crippen LogP contribution < -0.4 is 5.32 Å². The number of aryl methyl sites for hydroxylation is 2. The van der Waals surface area contributed by atoms with Gasteiger partial charge in [0.05, 0.1) is 12.0 Å². The van der Waals surface area contributed by atoms with Crippen molar-refractivity contribution in [1.29, 1.82) is 0 Å². The van der Waals surface area contributed by atoms with Gasteiger partial charge in [0.1, 0.15) is 17.4 Å². The Labute approximate surface area is 246 Å². The molecule has 0 radical (unpaired) electrons. The van der Waals surface area contributed by atoms with Gasteiger partial charge in [0.25, 0.3) is 0 Å². The second-order valence-electron chi connectivity index (χ2n) is 10.8. The lowest BCUT2D eigenvalue weighted by molar-refractivity contribution is -0.134. The van der Waals surface area contributed by atoms with E-state index >= 15 is 0 Å². The molecule has 0 aromatic heterocycles. The van der Waals surface area contributed by atoms with Gasteiger partial charge in [-0.05, 0) is 65.8 Å². The highest BCUT2D eigenvalue weighted by molar-refractivity contribution is 5.94. The van der Waals surface area contributed by atoms with Crippen LogP contribution in [0.5, 0.6) is 0 Å². The second kappa shape index (κ2) is 15.0. The van der Waals surface area contributed by atoms with Crippen LogP contribution in [0.2, 0.25) is 0 Å². The monoisotopic (exact) mass is 565 g/mol. The summed E-state index contributed by atoms with van der Waals surface area (Å²) in [5.74, 6) is -2.24. The lowest BCUT2D eigenvalue weighted by atomic mass is 9.91. The van der Waals surface area contributed by atoms with Gasteiger partial charge in [-0.25, -0.2) is 4.39 Å². The van der Waals surface area contributed by atoms with E-state index in [1.54, 1.807) is 12.1 Å². The minimum atomic E-state index is -0.883. The molecule has 0 saturated heterocycles. The second-order valence-corrected chi connectivity index (χ2v) is 10.8. The maximum atomic E-state index is 13.6. The first-order valence-electron chi connectivity index (χ1n) is 14.4. The number of amides is 1. The fourth-order valence-corrected chi connectivity index (χ4v) is 5.24. The Balaban J connectivity index is 1.47. The van der Waals surface area contributed by atoms with Gasteiger partial charge in [0, 0.05) is 25.7 Å². The molecule has 2 atom stereocenters. The summed E-state index contributed by atoms with van der Waals surface area (Å²) in [6.45, 7) is 1.39. The number of carbonyl (C=O) groups is 4. The van der Waals surface area contributed by atoms with Crippen LogP contribution in [0.4, 0.5) is 4.39 Å². The Morgan fingerprint density at radius 2 is 1.40 bits per heavy atom. The molecule has 4 aromatic rings. The van der Waals surface area contributed by atoms with Crippen LogP contribution in [0.3, 0.4) is 0 Å². The number of halogens is 1. The smallest absolute Gasteiger partial charge is 0.224 e. The molecule has 0 heterocycles. The molecule has 4 rings (SSSR count). The normalized spacial score (nSPS) is 12.4. The minimum absolute atomic E-state index is 0.0777. The molecule has 0 fully saturated rings. The molecule has 0 aliphatic heterocycles. The van der Waals surface area contributed by atoms with Gasteiger partial charge in [0.2, 0.25) is 5.91 Å². The van der Waals surface area contributed by atoms with Gasteiger partial charge < -0.3 is 10.1 Å². The van der Waals surface area contributed by atoms with Crippen LogP contribution in [-0.4, -0.2) is 29.3 Å². The molecule has 216 valence electrons. The number of hydrogen-bond acceptors (Lipinski definition) is 4. The van der Waals surface area contributed by atoms with E-state index in [4.69, 9.17) is 0 Å². The summed E-state index contributed by atoms with van der Waals surface area (Å²) in [6, 6.07) is 28.5. The van der Waals surface area contributed by atoms with Crippen molar-refractivity contribution in [3.63, 3.8) is 0 Å². The minimum Gasteiger partial charge on any atom is -0.346 e. The predicted molar refractivity (Wildman–Crippen MR) is 162 cm³/mol. The van der Waals surface area contributed by atoms with Crippen LogP contribution in [-0.2, 0) is 38.4 Å². The molecule has 0 aliphatic carbocycles. The van der Waals surface area contributed by atoms with E-state index in [1.807, 2.05) is 72.8 Å². The summed E-state index contributed by atoms with van der Waals surface area (Å²) in [5.41, 5.74) is 2.75. The van der Waals surface area contributed by atoms with Crippen molar-refractivity contribution in [3.8, 4) is 0 Å². The lowest BCUT2D eigenvalue weighted by Gasteiger charge is -2.22. The fraction of sp³-hybridized carbons (Fsp3) is 0.278. The van der Waals surface area contributed by atoms with Crippen molar-refractivity contribution in [3.05, 3.63) is 120 Å². The van der Waals surface area contributed by atoms with Crippen molar-refractivity contribution < 1.29 is 23.6 Å². The summed E-state index contributed by atoms with van der Waals surface area (Å²) in [7, 11) is 0. The molecule has 0 saturated carbocycles. The number of fused-ring (bicyclic) bond motifs is 1. The molecule has 0 aliphatic rings. The molecule has 0 bridgehead atoms. The highest BCUT2D eigenvalue weighted by Gasteiger charge is 2.28. The topological polar surface area (TPSA) is 80.3 Å². The number of nitrogens with one attached hydrogen (secondary N) is 1. The van der Waals surface area contributed by atoms with Gasteiger partial charge in [-0.1, -0.05) is 84.9 Å². The van der Waals surface area contributed by atoms with Gasteiger partial charge >= 0.3 is 0 Å². The Hall–Kier alpha value is -4.45. The van der Waals surface area contributed by atoms with Crippen LogP contribution in [0.25, 0.3) is 10.8 Å². The highest BCUT2D eigenvalue weighted by atomic mass is 19.1. The molecule has 1 amide bonds. The maximum Gasteiger partial charge on any atom is 0.224 e. The average molecular weight is 566 g/mol. The molecule has 6 heteroatoms. The number of hydrogen-bond donors (Lipinski definition) is 1. The molecule has 4 aromatic carbocycles. The summed E-state index contributed by atoms with van der Waals surface area (Å²) >= 11 is 0. The number of benzene rings is 4. The first-order valence-corrected chi connectivity index (χ1v) is 14.4. The predicted octanol–water partition coefficient (Wildman–Crippen LogP) is 6.40. The van der Waals surface area contributed by atoms with Gasteiger partial charge in [-0.3, -0.25) is 14.4 Å². The molecule has 0 spiro atoms. The third kappa shape index (κ3) is 9.03. The van der Waals surface area contributed by atoms with E-state index in [0.717, 1.165) is 21.9 Å². The first kappa shape index (κ1) is 30.5. The Morgan fingerprint density at radius 3 is 2.14 bits per heavy atom. The third-order valence-corrected chi connectivity index (χ3v) is 7.49. The van der Waals surface area contributed by atoms with E-state index in [0.29, 0.717) is 18.4 Å². The van der Waals surface area contributed by atoms with Crippen LogP contribution in [0.1, 0.15) is 49.3 Å². The van der Waals surface area contributed by atoms with Crippen molar-refractivity contribution in [1.82, 2.24) is 5.32 Å². The Morgan fingerprint density at radius 1 is 0.714 bits per heavy atom. The fourth-order valence-electron chi connectivity index (χ4n) is 5.24. The summed E-state index contributed by atoms with van der Waals surface area (Å²) in [4.78, 5) is 51.9. The van der Waals surface area contributed by atoms with Gasteiger partial charge in [0.15, 0.2) is 5.78 Å². The largest absolute Gasteiger partial charge is 0.346 e. The maximum absolute atomic E-state index is 13.6. The Bertz CT molecular complexity index is 1530. The number of ketones is 3. The van der Waals surface area contributed by atoms with Gasteiger partial charge in [-0.15, -0.1) is 0 Å². The standard InChI is InChI=1S/C36H36FNO4/c1-25(39)22-30(24-32(40)20-16-26-8-3-2-4-9-26)36(42)38-34(23-27-14-18-31(37)19-15-27)35(41)21-17-29-12-7-11-28-10-5-6-13-33(28)29/h2-15,18-19,30,34H,16-17,20-24H2,1H3,(H,38,42)/t30-,34+/m1/s1. The molecule has 1 N–H and O–H groups in total. The number of carbonyl (C=O) groups excluding carboxylic acids is 4. The van der Waals surface area contributed by atoms with Crippen LogP contribution in [0, 0.1) is 11.7 Å². The van der Waals surface area contributed by atoms with E-state index in [-0.39, 0.29) is 49.5 Å². The zero-order chi connectivity index (χ0) is 29.9.